The van der Waals surface area contributed by atoms with Crippen LogP contribution in [0.2, 0.25) is 0 Å². The second kappa shape index (κ2) is 4.83. The Kier molecular flexibility index (Phi) is 3.19. The minimum Gasteiger partial charge on any atom is -0.292 e. The molecule has 0 radical (unpaired) electrons. The van der Waals surface area contributed by atoms with E-state index >= 15 is 0 Å². The van der Waals surface area contributed by atoms with Crippen LogP contribution >= 0.6 is 0 Å². The molecular weight excluding hydrogens is 222 g/mol. The molecule has 2 aliphatic rings. The standard InChI is InChI=1S/C16H21NO/c1-11-10-14(12-6-3-2-4-7-12)13-8-5-9-15(18)16(13)17-11/h10,12H,2-9H2,1H3. The fraction of sp³-hybridized carbons (Fsp3) is 0.625. The summed E-state index contributed by atoms with van der Waals surface area (Å²) in [5.74, 6) is 0.942. The van der Waals surface area contributed by atoms with E-state index in [1.807, 2.05) is 6.92 Å². The Hall–Kier alpha value is -1.18. The Morgan fingerprint density at radius 1 is 1.11 bits per heavy atom. The number of hydrogen-bond donors (Lipinski definition) is 0. The van der Waals surface area contributed by atoms with Gasteiger partial charge in [0.2, 0.25) is 0 Å². The zero-order chi connectivity index (χ0) is 12.5. The largest absolute Gasteiger partial charge is 0.292 e. The number of fused-ring (bicyclic) bond motifs is 1. The smallest absolute Gasteiger partial charge is 0.181 e. The highest BCUT2D eigenvalue weighted by Crippen LogP contribution is 2.37. The molecule has 0 unspecified atom stereocenters. The lowest BCUT2D eigenvalue weighted by Gasteiger charge is -2.27. The minimum absolute atomic E-state index is 0.261. The molecule has 1 saturated carbocycles. The number of ketones is 1. The summed E-state index contributed by atoms with van der Waals surface area (Å²) in [4.78, 5) is 16.5. The number of carbonyl (C=O) groups excluding carboxylic acids is 1. The number of rotatable bonds is 1. The monoisotopic (exact) mass is 243 g/mol. The van der Waals surface area contributed by atoms with Crippen molar-refractivity contribution in [2.45, 2.75) is 64.2 Å². The van der Waals surface area contributed by atoms with Crippen LogP contribution in [0.4, 0.5) is 0 Å². The summed E-state index contributed by atoms with van der Waals surface area (Å²) < 4.78 is 0. The number of carbonyl (C=O) groups is 1. The third-order valence-corrected chi connectivity index (χ3v) is 4.43. The molecule has 0 atom stereocenters. The van der Waals surface area contributed by atoms with Crippen LogP contribution in [0.25, 0.3) is 0 Å². The molecule has 1 aromatic heterocycles. The Labute approximate surface area is 109 Å². The normalized spacial score (nSPS) is 20.8. The van der Waals surface area contributed by atoms with Crippen LogP contribution < -0.4 is 0 Å². The van der Waals surface area contributed by atoms with Crippen LogP contribution in [0.15, 0.2) is 6.07 Å². The van der Waals surface area contributed by atoms with Crippen LogP contribution in [-0.2, 0) is 6.42 Å². The summed E-state index contributed by atoms with van der Waals surface area (Å²) in [5, 5.41) is 0. The average molecular weight is 243 g/mol. The predicted octanol–water partition coefficient (Wildman–Crippen LogP) is 3.96. The van der Waals surface area contributed by atoms with Gasteiger partial charge in [0, 0.05) is 12.1 Å². The van der Waals surface area contributed by atoms with Gasteiger partial charge in [-0.15, -0.1) is 0 Å². The van der Waals surface area contributed by atoms with Crippen molar-refractivity contribution < 1.29 is 4.79 Å². The Balaban J connectivity index is 2.05. The van der Waals surface area contributed by atoms with Crippen LogP contribution in [0.3, 0.4) is 0 Å². The molecule has 1 heterocycles. The molecule has 3 rings (SSSR count). The van der Waals surface area contributed by atoms with Crippen molar-refractivity contribution in [3.63, 3.8) is 0 Å². The summed E-state index contributed by atoms with van der Waals surface area (Å²) in [6, 6.07) is 2.24. The van der Waals surface area contributed by atoms with Crippen molar-refractivity contribution >= 4 is 5.78 Å². The molecule has 2 nitrogen and oxygen atoms in total. The maximum absolute atomic E-state index is 12.0. The third-order valence-electron chi connectivity index (χ3n) is 4.43. The van der Waals surface area contributed by atoms with Crippen molar-refractivity contribution in [1.82, 2.24) is 4.98 Å². The number of aryl methyl sites for hydroxylation is 1. The van der Waals surface area contributed by atoms with Crippen molar-refractivity contribution in [1.29, 1.82) is 0 Å². The summed E-state index contributed by atoms with van der Waals surface area (Å²) in [6.45, 7) is 2.02. The highest BCUT2D eigenvalue weighted by atomic mass is 16.1. The average Bonchev–Trinajstić information content (AvgIpc) is 2.40. The van der Waals surface area contributed by atoms with Gasteiger partial charge in [-0.2, -0.15) is 0 Å². The number of nitrogens with zero attached hydrogens (tertiary/aromatic N) is 1. The fourth-order valence-electron chi connectivity index (χ4n) is 3.54. The highest BCUT2D eigenvalue weighted by molar-refractivity contribution is 5.97. The first-order valence-corrected chi connectivity index (χ1v) is 7.29. The maximum Gasteiger partial charge on any atom is 0.181 e. The predicted molar refractivity (Wildman–Crippen MR) is 72.1 cm³/mol. The van der Waals surface area contributed by atoms with E-state index in [9.17, 15) is 4.79 Å². The van der Waals surface area contributed by atoms with Gasteiger partial charge in [0.25, 0.3) is 0 Å². The SMILES string of the molecule is Cc1cc(C2CCCCC2)c2c(n1)C(=O)CCC2. The molecule has 96 valence electrons. The number of Topliss-reactive ketones (excluding diaryl/α,β-unsaturated/α-hetero) is 1. The molecule has 18 heavy (non-hydrogen) atoms. The molecule has 0 aliphatic heterocycles. The Bertz CT molecular complexity index is 472. The number of hydrogen-bond acceptors (Lipinski definition) is 2. The molecule has 1 fully saturated rings. The lowest BCUT2D eigenvalue weighted by atomic mass is 9.79. The van der Waals surface area contributed by atoms with Crippen LogP contribution in [-0.4, -0.2) is 10.8 Å². The fourth-order valence-corrected chi connectivity index (χ4v) is 3.54. The van der Waals surface area contributed by atoms with E-state index in [0.29, 0.717) is 12.3 Å². The van der Waals surface area contributed by atoms with E-state index in [2.05, 4.69) is 11.1 Å². The molecule has 0 saturated heterocycles. The highest BCUT2D eigenvalue weighted by Gasteiger charge is 2.26. The van der Waals surface area contributed by atoms with E-state index in [0.717, 1.165) is 24.2 Å². The van der Waals surface area contributed by atoms with E-state index in [-0.39, 0.29) is 5.78 Å². The Morgan fingerprint density at radius 2 is 1.89 bits per heavy atom. The molecule has 2 heteroatoms. The van der Waals surface area contributed by atoms with Gasteiger partial charge in [-0.25, -0.2) is 4.98 Å². The molecule has 0 spiro atoms. The van der Waals surface area contributed by atoms with Crippen molar-refractivity contribution in [2.24, 2.45) is 0 Å². The number of aromatic nitrogens is 1. The van der Waals surface area contributed by atoms with Gasteiger partial charge in [0.1, 0.15) is 5.69 Å². The van der Waals surface area contributed by atoms with Crippen LogP contribution in [0.1, 0.15) is 78.2 Å². The van der Waals surface area contributed by atoms with Gasteiger partial charge in [0.15, 0.2) is 5.78 Å². The van der Waals surface area contributed by atoms with Gasteiger partial charge in [-0.05, 0) is 55.7 Å². The zero-order valence-corrected chi connectivity index (χ0v) is 11.2. The van der Waals surface area contributed by atoms with Gasteiger partial charge in [-0.3, -0.25) is 4.79 Å². The quantitative estimate of drug-likeness (QED) is 0.747. The van der Waals surface area contributed by atoms with Crippen LogP contribution in [0.5, 0.6) is 0 Å². The van der Waals surface area contributed by atoms with Crippen molar-refractivity contribution in [3.8, 4) is 0 Å². The first kappa shape index (κ1) is 11.9. The first-order valence-electron chi connectivity index (χ1n) is 7.29. The first-order chi connectivity index (χ1) is 8.75. The molecule has 0 aromatic carbocycles. The van der Waals surface area contributed by atoms with Gasteiger partial charge >= 0.3 is 0 Å². The van der Waals surface area contributed by atoms with E-state index in [1.165, 1.54) is 43.2 Å². The maximum atomic E-state index is 12.0. The van der Waals surface area contributed by atoms with E-state index in [4.69, 9.17) is 0 Å². The summed E-state index contributed by atoms with van der Waals surface area (Å²) in [6.07, 6.45) is 9.41. The summed E-state index contributed by atoms with van der Waals surface area (Å²) in [7, 11) is 0. The molecule has 1 aromatic rings. The van der Waals surface area contributed by atoms with E-state index < -0.39 is 0 Å². The summed E-state index contributed by atoms with van der Waals surface area (Å²) in [5.41, 5.74) is 4.54. The van der Waals surface area contributed by atoms with Gasteiger partial charge in [0.05, 0.1) is 0 Å². The van der Waals surface area contributed by atoms with Crippen molar-refractivity contribution in [3.05, 3.63) is 28.6 Å². The molecule has 0 bridgehead atoms. The second-order valence-corrected chi connectivity index (χ2v) is 5.79. The number of pyridine rings is 1. The molecule has 0 N–H and O–H groups in total. The minimum atomic E-state index is 0.261. The second-order valence-electron chi connectivity index (χ2n) is 5.79. The molecular formula is C16H21NO. The van der Waals surface area contributed by atoms with E-state index in [1.54, 1.807) is 0 Å². The van der Waals surface area contributed by atoms with Gasteiger partial charge in [-0.1, -0.05) is 19.3 Å². The Morgan fingerprint density at radius 3 is 2.67 bits per heavy atom. The lowest BCUT2D eigenvalue weighted by molar-refractivity contribution is 0.0966. The lowest BCUT2D eigenvalue weighted by Crippen LogP contribution is -2.18. The summed E-state index contributed by atoms with van der Waals surface area (Å²) >= 11 is 0. The van der Waals surface area contributed by atoms with Crippen molar-refractivity contribution in [2.75, 3.05) is 0 Å². The topological polar surface area (TPSA) is 30.0 Å². The molecule has 2 aliphatic carbocycles. The zero-order valence-electron chi connectivity index (χ0n) is 11.2. The third kappa shape index (κ3) is 2.09. The van der Waals surface area contributed by atoms with Gasteiger partial charge < -0.3 is 0 Å². The van der Waals surface area contributed by atoms with Crippen LogP contribution in [0, 0.1) is 6.92 Å². The molecule has 0 amide bonds.